The molecule has 2 atom stereocenters. The Bertz CT molecular complexity index is 1110. The quantitative estimate of drug-likeness (QED) is 0.476. The molecule has 2 N–H and O–H groups in total. The number of hydrogen-bond acceptors (Lipinski definition) is 6. The number of nitrogens with one attached hydrogen (secondary N) is 2. The van der Waals surface area contributed by atoms with Gasteiger partial charge in [-0.1, -0.05) is 48.8 Å². The molecule has 8 heteroatoms. The molecular weight excluding hydrogens is 456 g/mol. The Balaban J connectivity index is 1.15. The Morgan fingerprint density at radius 2 is 1.77 bits per heavy atom. The van der Waals surface area contributed by atoms with Crippen LogP contribution < -0.4 is 15.5 Å². The van der Waals surface area contributed by atoms with Gasteiger partial charge in [-0.3, -0.25) is 9.36 Å². The molecule has 5 rings (SSSR count). The molecule has 0 unspecified atom stereocenters. The van der Waals surface area contributed by atoms with Gasteiger partial charge in [-0.2, -0.15) is 0 Å². The number of rotatable bonds is 7. The summed E-state index contributed by atoms with van der Waals surface area (Å²) in [6.07, 6.45) is 8.67. The first-order chi connectivity index (χ1) is 17.1. The van der Waals surface area contributed by atoms with Crippen molar-refractivity contribution < 1.29 is 4.79 Å². The van der Waals surface area contributed by atoms with E-state index in [1.54, 1.807) is 11.3 Å². The predicted molar refractivity (Wildman–Crippen MR) is 142 cm³/mol. The van der Waals surface area contributed by atoms with Crippen molar-refractivity contribution in [3.63, 3.8) is 0 Å². The molecule has 1 aromatic carbocycles. The van der Waals surface area contributed by atoms with Crippen LogP contribution in [0.2, 0.25) is 0 Å². The summed E-state index contributed by atoms with van der Waals surface area (Å²) in [7, 11) is 0. The molecule has 2 aromatic heterocycles. The van der Waals surface area contributed by atoms with Crippen molar-refractivity contribution in [2.45, 2.75) is 65.0 Å². The molecule has 186 valence electrons. The number of carbonyl (C=O) groups is 1. The number of amides is 1. The van der Waals surface area contributed by atoms with Gasteiger partial charge in [0.2, 0.25) is 16.2 Å². The molecule has 2 aliphatic rings. The van der Waals surface area contributed by atoms with Crippen LogP contribution in [0.3, 0.4) is 0 Å². The van der Waals surface area contributed by atoms with Gasteiger partial charge < -0.3 is 15.5 Å². The van der Waals surface area contributed by atoms with Gasteiger partial charge in [0.05, 0.1) is 6.54 Å². The monoisotopic (exact) mass is 492 g/mol. The molecule has 3 aromatic rings. The van der Waals surface area contributed by atoms with Crippen molar-refractivity contribution in [3.05, 3.63) is 53.9 Å². The van der Waals surface area contributed by atoms with Gasteiger partial charge in [0.1, 0.15) is 0 Å². The standard InChI is InChI=1S/C27H36N6OS/c1-19-9-11-22(12-10-19)28-18-23-7-5-15-33(23)27-31-30-26(35-27)32-16-13-21(14-17-32)25(34)29-24-8-4-3-6-20(24)2/h5,7,9-12,15,20-21,24,28H,3-4,6,8,13-14,16-18H2,1-2H3,(H,29,34)/t20-,24-/m0/s1. The van der Waals surface area contributed by atoms with E-state index in [9.17, 15) is 4.79 Å². The second-order valence-electron chi connectivity index (χ2n) is 10.1. The summed E-state index contributed by atoms with van der Waals surface area (Å²) in [5.41, 5.74) is 3.50. The minimum absolute atomic E-state index is 0.108. The molecule has 0 spiro atoms. The minimum Gasteiger partial charge on any atom is -0.379 e. The number of benzene rings is 1. The van der Waals surface area contributed by atoms with E-state index >= 15 is 0 Å². The largest absolute Gasteiger partial charge is 0.379 e. The third kappa shape index (κ3) is 5.69. The van der Waals surface area contributed by atoms with Crippen molar-refractivity contribution in [3.8, 4) is 5.13 Å². The summed E-state index contributed by atoms with van der Waals surface area (Å²) in [6.45, 7) is 6.78. The Morgan fingerprint density at radius 3 is 2.54 bits per heavy atom. The van der Waals surface area contributed by atoms with E-state index in [-0.39, 0.29) is 11.8 Å². The molecule has 1 aliphatic heterocycles. The molecule has 35 heavy (non-hydrogen) atoms. The summed E-state index contributed by atoms with van der Waals surface area (Å²) in [6, 6.07) is 12.9. The van der Waals surface area contributed by atoms with Crippen molar-refractivity contribution in [1.29, 1.82) is 0 Å². The fraction of sp³-hybridized carbons (Fsp3) is 0.519. The number of piperidine rings is 1. The third-order valence-corrected chi connectivity index (χ3v) is 8.53. The van der Waals surface area contributed by atoms with Gasteiger partial charge in [0, 0.05) is 42.6 Å². The lowest BCUT2D eigenvalue weighted by Crippen LogP contribution is -2.46. The van der Waals surface area contributed by atoms with Gasteiger partial charge in [0.25, 0.3) is 0 Å². The first-order valence-corrected chi connectivity index (χ1v) is 13.7. The van der Waals surface area contributed by atoms with Gasteiger partial charge >= 0.3 is 0 Å². The Hall–Kier alpha value is -2.87. The van der Waals surface area contributed by atoms with Crippen LogP contribution in [0.1, 0.15) is 56.7 Å². The number of aryl methyl sites for hydroxylation is 1. The lowest BCUT2D eigenvalue weighted by Gasteiger charge is -2.34. The zero-order chi connectivity index (χ0) is 24.2. The molecule has 1 saturated heterocycles. The highest BCUT2D eigenvalue weighted by Gasteiger charge is 2.30. The summed E-state index contributed by atoms with van der Waals surface area (Å²) in [4.78, 5) is 15.1. The first-order valence-electron chi connectivity index (χ1n) is 12.9. The molecule has 7 nitrogen and oxygen atoms in total. The van der Waals surface area contributed by atoms with E-state index in [4.69, 9.17) is 0 Å². The van der Waals surface area contributed by atoms with Gasteiger partial charge in [-0.05, 0) is 62.8 Å². The first kappa shape index (κ1) is 23.9. The normalized spacial score (nSPS) is 21.1. The third-order valence-electron chi connectivity index (χ3n) is 7.54. The Morgan fingerprint density at radius 1 is 1.03 bits per heavy atom. The number of hydrogen-bond donors (Lipinski definition) is 2. The maximum absolute atomic E-state index is 12.9. The lowest BCUT2D eigenvalue weighted by atomic mass is 9.85. The van der Waals surface area contributed by atoms with Crippen molar-refractivity contribution in [2.75, 3.05) is 23.3 Å². The van der Waals surface area contributed by atoms with Gasteiger partial charge in [-0.15, -0.1) is 10.2 Å². The van der Waals surface area contributed by atoms with E-state index in [2.05, 4.69) is 74.5 Å². The van der Waals surface area contributed by atoms with Gasteiger partial charge in [-0.25, -0.2) is 0 Å². The van der Waals surface area contributed by atoms with Gasteiger partial charge in [0.15, 0.2) is 0 Å². The van der Waals surface area contributed by atoms with Crippen LogP contribution in [-0.2, 0) is 11.3 Å². The molecule has 1 saturated carbocycles. The fourth-order valence-electron chi connectivity index (χ4n) is 5.21. The Kier molecular flexibility index (Phi) is 7.37. The highest BCUT2D eigenvalue weighted by molar-refractivity contribution is 7.17. The minimum atomic E-state index is 0.108. The SMILES string of the molecule is Cc1ccc(NCc2cccn2-c2nnc(N3CCC(C(=O)N[C@H]4CCCC[C@@H]4C)CC3)s2)cc1. The zero-order valence-electron chi connectivity index (χ0n) is 20.7. The van der Waals surface area contributed by atoms with E-state index < -0.39 is 0 Å². The maximum atomic E-state index is 12.9. The molecule has 0 bridgehead atoms. The van der Waals surface area contributed by atoms with E-state index in [0.29, 0.717) is 18.5 Å². The van der Waals surface area contributed by atoms with E-state index in [1.165, 1.54) is 24.8 Å². The maximum Gasteiger partial charge on any atom is 0.223 e. The van der Waals surface area contributed by atoms with Crippen LogP contribution in [0.25, 0.3) is 5.13 Å². The highest BCUT2D eigenvalue weighted by Crippen LogP contribution is 2.30. The number of carbonyl (C=O) groups excluding carboxylic acids is 1. The number of anilines is 2. The van der Waals surface area contributed by atoms with Crippen molar-refractivity contribution in [1.82, 2.24) is 20.1 Å². The topological polar surface area (TPSA) is 75.1 Å². The van der Waals surface area contributed by atoms with E-state index in [0.717, 1.165) is 54.0 Å². The molecule has 2 fully saturated rings. The molecule has 3 heterocycles. The van der Waals surface area contributed by atoms with Crippen LogP contribution in [0.15, 0.2) is 42.6 Å². The molecule has 1 amide bonds. The molecular formula is C27H36N6OS. The van der Waals surface area contributed by atoms with Crippen LogP contribution in [-0.4, -0.2) is 39.8 Å². The smallest absolute Gasteiger partial charge is 0.223 e. The summed E-state index contributed by atoms with van der Waals surface area (Å²) in [5, 5.41) is 17.6. The van der Waals surface area contributed by atoms with Crippen LogP contribution >= 0.6 is 11.3 Å². The molecule has 1 aliphatic carbocycles. The van der Waals surface area contributed by atoms with Crippen LogP contribution in [0.5, 0.6) is 0 Å². The lowest BCUT2D eigenvalue weighted by molar-refractivity contribution is -0.126. The van der Waals surface area contributed by atoms with E-state index in [1.807, 2.05) is 12.3 Å². The summed E-state index contributed by atoms with van der Waals surface area (Å²) in [5.74, 6) is 0.953. The van der Waals surface area contributed by atoms with Crippen molar-refractivity contribution in [2.24, 2.45) is 11.8 Å². The average Bonchev–Trinajstić information content (AvgIpc) is 3.55. The van der Waals surface area contributed by atoms with Crippen LogP contribution in [0, 0.1) is 18.8 Å². The second kappa shape index (κ2) is 10.8. The second-order valence-corrected chi connectivity index (χ2v) is 11.0. The average molecular weight is 493 g/mol. The fourth-order valence-corrected chi connectivity index (χ4v) is 6.12. The highest BCUT2D eigenvalue weighted by atomic mass is 32.1. The van der Waals surface area contributed by atoms with Crippen molar-refractivity contribution >= 4 is 28.1 Å². The molecule has 0 radical (unpaired) electrons. The predicted octanol–water partition coefficient (Wildman–Crippen LogP) is 5.16. The summed E-state index contributed by atoms with van der Waals surface area (Å²) < 4.78 is 2.11. The number of nitrogens with zero attached hydrogens (tertiary/aromatic N) is 4. The van der Waals surface area contributed by atoms with Crippen LogP contribution in [0.4, 0.5) is 10.8 Å². The number of aromatic nitrogens is 3. The zero-order valence-corrected chi connectivity index (χ0v) is 21.6. The Labute approximate surface area is 211 Å². The summed E-state index contributed by atoms with van der Waals surface area (Å²) >= 11 is 1.61.